The lowest BCUT2D eigenvalue weighted by Gasteiger charge is -2.11. The standard InChI is InChI=1S/C31H24F2N4O4/c32-24-13-19(17-34)5-6-23(24)18-41-30-4-1-3-26(36-30)21-8-7-20(25(33)14-21)16-29-35-27-10-9-22(31(39)40)15-28(27)37(29)11-2-12-38/h1,3-10,13-15,38H,2,11-12,16,18H2,(H,39,40). The van der Waals surface area contributed by atoms with Crippen molar-refractivity contribution in [2.75, 3.05) is 6.61 Å². The van der Waals surface area contributed by atoms with Crippen molar-refractivity contribution in [1.82, 2.24) is 14.5 Å². The molecule has 0 aliphatic carbocycles. The Morgan fingerprint density at radius 2 is 1.78 bits per heavy atom. The van der Waals surface area contributed by atoms with Gasteiger partial charge in [0.15, 0.2) is 0 Å². The van der Waals surface area contributed by atoms with Crippen LogP contribution in [0.15, 0.2) is 72.8 Å². The molecule has 10 heteroatoms. The number of hydrogen-bond acceptors (Lipinski definition) is 6. The first-order valence-corrected chi connectivity index (χ1v) is 12.8. The third kappa shape index (κ3) is 6.05. The highest BCUT2D eigenvalue weighted by Crippen LogP contribution is 2.26. The highest BCUT2D eigenvalue weighted by Gasteiger charge is 2.16. The van der Waals surface area contributed by atoms with E-state index in [0.717, 1.165) is 6.07 Å². The maximum Gasteiger partial charge on any atom is 0.335 e. The molecular weight excluding hydrogens is 530 g/mol. The SMILES string of the molecule is N#Cc1ccc(COc2cccc(-c3ccc(Cc4nc5ccc(C(=O)O)cc5n4CCCO)c(F)c3)n2)c(F)c1. The highest BCUT2D eigenvalue weighted by molar-refractivity contribution is 5.92. The van der Waals surface area contributed by atoms with Crippen molar-refractivity contribution in [3.05, 3.63) is 113 Å². The summed E-state index contributed by atoms with van der Waals surface area (Å²) >= 11 is 0. The van der Waals surface area contributed by atoms with Gasteiger partial charge in [0, 0.05) is 36.8 Å². The number of aliphatic hydroxyl groups is 1. The number of carboxylic acids is 1. The van der Waals surface area contributed by atoms with E-state index in [1.807, 2.05) is 10.6 Å². The number of aryl methyl sites for hydroxylation is 1. The minimum atomic E-state index is -1.06. The van der Waals surface area contributed by atoms with E-state index in [2.05, 4.69) is 9.97 Å². The van der Waals surface area contributed by atoms with Gasteiger partial charge in [0.05, 0.1) is 33.9 Å². The number of aromatic carboxylic acids is 1. The Morgan fingerprint density at radius 3 is 2.51 bits per heavy atom. The van der Waals surface area contributed by atoms with E-state index in [0.29, 0.717) is 46.6 Å². The van der Waals surface area contributed by atoms with Crippen molar-refractivity contribution in [2.24, 2.45) is 0 Å². The second-order valence-electron chi connectivity index (χ2n) is 9.32. The van der Waals surface area contributed by atoms with E-state index in [1.54, 1.807) is 36.4 Å². The van der Waals surface area contributed by atoms with Crippen molar-refractivity contribution in [1.29, 1.82) is 5.26 Å². The Kier molecular flexibility index (Phi) is 7.99. The maximum absolute atomic E-state index is 15.3. The van der Waals surface area contributed by atoms with Crippen molar-refractivity contribution in [2.45, 2.75) is 26.0 Å². The smallest absolute Gasteiger partial charge is 0.335 e. The third-order valence-electron chi connectivity index (χ3n) is 6.59. The number of aliphatic hydroxyl groups excluding tert-OH is 1. The molecule has 8 nitrogen and oxygen atoms in total. The van der Waals surface area contributed by atoms with Crippen LogP contribution in [0, 0.1) is 23.0 Å². The van der Waals surface area contributed by atoms with Gasteiger partial charge in [0.1, 0.15) is 24.1 Å². The Morgan fingerprint density at radius 1 is 0.976 bits per heavy atom. The molecule has 0 aliphatic rings. The van der Waals surface area contributed by atoms with Gasteiger partial charge < -0.3 is 19.5 Å². The second kappa shape index (κ2) is 11.9. The topological polar surface area (TPSA) is 121 Å². The number of rotatable bonds is 10. The summed E-state index contributed by atoms with van der Waals surface area (Å²) in [7, 11) is 0. The molecule has 0 saturated heterocycles. The lowest BCUT2D eigenvalue weighted by Crippen LogP contribution is -2.07. The van der Waals surface area contributed by atoms with Gasteiger partial charge >= 0.3 is 5.97 Å². The second-order valence-corrected chi connectivity index (χ2v) is 9.32. The van der Waals surface area contributed by atoms with Crippen LogP contribution < -0.4 is 4.74 Å². The summed E-state index contributed by atoms with van der Waals surface area (Å²) in [5.41, 5.74) is 3.16. The van der Waals surface area contributed by atoms with Crippen LogP contribution in [0.1, 0.15) is 39.3 Å². The molecule has 41 heavy (non-hydrogen) atoms. The first-order valence-electron chi connectivity index (χ1n) is 12.8. The number of carboxylic acid groups (broad SMARTS) is 1. The molecule has 3 aromatic carbocycles. The number of benzene rings is 3. The van der Waals surface area contributed by atoms with Crippen molar-refractivity contribution < 1.29 is 28.5 Å². The van der Waals surface area contributed by atoms with Gasteiger partial charge in [-0.3, -0.25) is 0 Å². The predicted octanol–water partition coefficient (Wildman–Crippen LogP) is 5.50. The van der Waals surface area contributed by atoms with Crippen LogP contribution in [0.2, 0.25) is 0 Å². The molecule has 5 aromatic rings. The molecule has 0 spiro atoms. The molecular formula is C31H24F2N4O4. The average molecular weight is 555 g/mol. The summed E-state index contributed by atoms with van der Waals surface area (Å²) in [5.74, 6) is -1.30. The molecule has 0 saturated carbocycles. The van der Waals surface area contributed by atoms with Crippen LogP contribution in [0.5, 0.6) is 5.88 Å². The van der Waals surface area contributed by atoms with Gasteiger partial charge in [0.25, 0.3) is 0 Å². The number of hydrogen-bond donors (Lipinski definition) is 2. The molecule has 0 fully saturated rings. The third-order valence-corrected chi connectivity index (χ3v) is 6.59. The molecule has 0 amide bonds. The predicted molar refractivity (Wildman–Crippen MR) is 146 cm³/mol. The van der Waals surface area contributed by atoms with Crippen molar-refractivity contribution >= 4 is 17.0 Å². The molecule has 0 aliphatic heterocycles. The number of fused-ring (bicyclic) bond motifs is 1. The quantitative estimate of drug-likeness (QED) is 0.234. The van der Waals surface area contributed by atoms with Gasteiger partial charge in [-0.15, -0.1) is 0 Å². The Labute approximate surface area is 233 Å². The number of carbonyl (C=O) groups is 1. The Bertz CT molecular complexity index is 1800. The first kappa shape index (κ1) is 27.4. The Balaban J connectivity index is 1.36. The molecule has 0 radical (unpaired) electrons. The van der Waals surface area contributed by atoms with E-state index >= 15 is 4.39 Å². The lowest BCUT2D eigenvalue weighted by molar-refractivity contribution is 0.0697. The molecule has 206 valence electrons. The van der Waals surface area contributed by atoms with Crippen LogP contribution in [-0.4, -0.2) is 37.3 Å². The normalized spacial score (nSPS) is 11.0. The molecule has 2 N–H and O–H groups in total. The average Bonchev–Trinajstić information content (AvgIpc) is 3.32. The van der Waals surface area contributed by atoms with E-state index < -0.39 is 17.6 Å². The number of halogens is 2. The fraction of sp³-hybridized carbons (Fsp3) is 0.161. The summed E-state index contributed by atoms with van der Waals surface area (Å²) in [5, 5.41) is 27.6. The lowest BCUT2D eigenvalue weighted by atomic mass is 10.1. The molecule has 0 bridgehead atoms. The summed E-state index contributed by atoms with van der Waals surface area (Å²) in [6.45, 7) is 0.250. The monoisotopic (exact) mass is 554 g/mol. The van der Waals surface area contributed by atoms with Gasteiger partial charge in [-0.05, 0) is 54.4 Å². The van der Waals surface area contributed by atoms with Gasteiger partial charge in [-0.2, -0.15) is 5.26 Å². The fourth-order valence-corrected chi connectivity index (χ4v) is 4.48. The Hall–Kier alpha value is -5.14. The molecule has 0 unspecified atom stereocenters. The first-order chi connectivity index (χ1) is 19.9. The molecule has 2 aromatic heterocycles. The molecule has 0 atom stereocenters. The number of aromatic nitrogens is 3. The number of ether oxygens (including phenoxy) is 1. The maximum atomic E-state index is 15.3. The van der Waals surface area contributed by atoms with E-state index in [4.69, 9.17) is 10.00 Å². The number of nitrogens with zero attached hydrogens (tertiary/aromatic N) is 4. The van der Waals surface area contributed by atoms with Crippen LogP contribution in [-0.2, 0) is 19.6 Å². The van der Waals surface area contributed by atoms with Gasteiger partial charge in [-0.1, -0.05) is 24.3 Å². The zero-order valence-corrected chi connectivity index (χ0v) is 21.7. The number of pyridine rings is 1. The molecule has 5 rings (SSSR count). The zero-order valence-electron chi connectivity index (χ0n) is 21.7. The zero-order chi connectivity index (χ0) is 28.9. The van der Waals surface area contributed by atoms with Gasteiger partial charge in [0.2, 0.25) is 5.88 Å². The van der Waals surface area contributed by atoms with Crippen molar-refractivity contribution in [3.8, 4) is 23.2 Å². The van der Waals surface area contributed by atoms with Crippen LogP contribution in [0.4, 0.5) is 8.78 Å². The van der Waals surface area contributed by atoms with Crippen LogP contribution in [0.25, 0.3) is 22.3 Å². The van der Waals surface area contributed by atoms with Gasteiger partial charge in [-0.25, -0.2) is 23.5 Å². The largest absolute Gasteiger partial charge is 0.478 e. The summed E-state index contributed by atoms with van der Waals surface area (Å²) < 4.78 is 37.0. The van der Waals surface area contributed by atoms with E-state index in [1.165, 1.54) is 30.3 Å². The fourth-order valence-electron chi connectivity index (χ4n) is 4.48. The minimum absolute atomic E-state index is 0.0566. The summed E-state index contributed by atoms with van der Waals surface area (Å²) in [6.07, 6.45) is 0.584. The minimum Gasteiger partial charge on any atom is -0.478 e. The summed E-state index contributed by atoms with van der Waals surface area (Å²) in [6, 6.07) is 20.4. The van der Waals surface area contributed by atoms with Crippen LogP contribution in [0.3, 0.4) is 0 Å². The highest BCUT2D eigenvalue weighted by atomic mass is 19.1. The number of nitriles is 1. The van der Waals surface area contributed by atoms with Crippen molar-refractivity contribution in [3.63, 3.8) is 0 Å². The number of imidazole rings is 1. The van der Waals surface area contributed by atoms with E-state index in [-0.39, 0.29) is 42.2 Å². The molecule has 2 heterocycles. The van der Waals surface area contributed by atoms with Crippen LogP contribution >= 0.6 is 0 Å². The summed E-state index contributed by atoms with van der Waals surface area (Å²) in [4.78, 5) is 20.5. The van der Waals surface area contributed by atoms with E-state index in [9.17, 15) is 19.4 Å².